The molecule has 7 nitrogen and oxygen atoms in total. The van der Waals surface area contributed by atoms with Crippen molar-refractivity contribution in [2.75, 3.05) is 36.8 Å². The quantitative estimate of drug-likeness (QED) is 0.259. The van der Waals surface area contributed by atoms with Crippen LogP contribution in [0, 0.1) is 0 Å². The van der Waals surface area contributed by atoms with Gasteiger partial charge in [0.2, 0.25) is 0 Å². The lowest BCUT2D eigenvalue weighted by molar-refractivity contribution is 0.385. The predicted molar refractivity (Wildman–Crippen MR) is 145 cm³/mol. The van der Waals surface area contributed by atoms with Crippen molar-refractivity contribution in [2.45, 2.75) is 48.1 Å². The molecule has 0 saturated carbocycles. The third-order valence-electron chi connectivity index (χ3n) is 6.08. The van der Waals surface area contributed by atoms with Crippen LogP contribution < -0.4 is 10.5 Å². The second kappa shape index (κ2) is 12.2. The number of para-hydroxylation sites is 1. The fourth-order valence-corrected chi connectivity index (χ4v) is 7.79. The average molecular weight is 533 g/mol. The van der Waals surface area contributed by atoms with E-state index in [4.69, 9.17) is 0 Å². The number of rotatable bonds is 11. The monoisotopic (exact) mass is 532 g/mol. The zero-order valence-corrected chi connectivity index (χ0v) is 22.5. The number of aromatic nitrogens is 2. The first-order valence-electron chi connectivity index (χ1n) is 12.1. The number of thiophene rings is 1. The zero-order valence-electron chi connectivity index (χ0n) is 20.0. The molecular weight excluding hydrogens is 501 g/mol. The first kappa shape index (κ1) is 25.9. The highest BCUT2D eigenvalue weighted by Crippen LogP contribution is 2.30. The minimum absolute atomic E-state index is 0.124. The van der Waals surface area contributed by atoms with Crippen LogP contribution in [0.3, 0.4) is 0 Å². The molecular formula is C25H32N4O3S3. The number of hydrogen-bond acceptors (Lipinski definition) is 7. The fraction of sp³-hybridized carbons (Fsp3) is 0.440. The van der Waals surface area contributed by atoms with Gasteiger partial charge in [0, 0.05) is 26.2 Å². The van der Waals surface area contributed by atoms with Crippen molar-refractivity contribution in [1.29, 1.82) is 0 Å². The second-order valence-electron chi connectivity index (χ2n) is 8.50. The number of thioether (sulfide) groups is 1. The number of sulfonamides is 1. The molecule has 3 aromatic rings. The van der Waals surface area contributed by atoms with E-state index in [9.17, 15) is 13.2 Å². The van der Waals surface area contributed by atoms with Crippen molar-refractivity contribution >= 4 is 38.8 Å². The van der Waals surface area contributed by atoms with Crippen molar-refractivity contribution in [2.24, 2.45) is 0 Å². The van der Waals surface area contributed by atoms with Crippen LogP contribution in [0.2, 0.25) is 0 Å². The molecule has 10 heteroatoms. The van der Waals surface area contributed by atoms with Crippen molar-refractivity contribution in [3.05, 3.63) is 64.4 Å². The lowest BCUT2D eigenvalue weighted by Gasteiger charge is -2.35. The molecule has 0 aliphatic carbocycles. The van der Waals surface area contributed by atoms with Gasteiger partial charge in [-0.05, 0) is 35.8 Å². The van der Waals surface area contributed by atoms with Gasteiger partial charge in [-0.3, -0.25) is 4.79 Å². The van der Waals surface area contributed by atoms with Crippen LogP contribution in [0.1, 0.15) is 39.0 Å². The molecule has 0 amide bonds. The third kappa shape index (κ3) is 6.17. The Bertz CT molecular complexity index is 1240. The minimum Gasteiger partial charge on any atom is -0.367 e. The molecule has 1 aliphatic heterocycles. The lowest BCUT2D eigenvalue weighted by atomic mass is 10.2. The van der Waals surface area contributed by atoms with E-state index in [-0.39, 0.29) is 5.56 Å². The number of unbranched alkanes of at least 4 members (excludes halogenated alkanes) is 4. The molecule has 0 bridgehead atoms. The Morgan fingerprint density at radius 1 is 0.971 bits per heavy atom. The van der Waals surface area contributed by atoms with E-state index in [0.29, 0.717) is 35.3 Å². The summed E-state index contributed by atoms with van der Waals surface area (Å²) in [6, 6.07) is 12.9. The second-order valence-corrected chi connectivity index (χ2v) is 12.7. The molecule has 188 valence electrons. The lowest BCUT2D eigenvalue weighted by Crippen LogP contribution is -2.49. The average Bonchev–Trinajstić information content (AvgIpc) is 3.44. The van der Waals surface area contributed by atoms with Crippen molar-refractivity contribution in [3.8, 4) is 5.69 Å². The Morgan fingerprint density at radius 2 is 1.71 bits per heavy atom. The van der Waals surface area contributed by atoms with Crippen LogP contribution >= 0.6 is 23.1 Å². The van der Waals surface area contributed by atoms with E-state index in [0.717, 1.165) is 30.0 Å². The Kier molecular flexibility index (Phi) is 9.04. The van der Waals surface area contributed by atoms with Crippen molar-refractivity contribution < 1.29 is 8.42 Å². The van der Waals surface area contributed by atoms with Gasteiger partial charge in [-0.25, -0.2) is 8.42 Å². The maximum Gasteiger partial charge on any atom is 0.287 e. The summed E-state index contributed by atoms with van der Waals surface area (Å²) in [5, 5.41) is 6.26. The zero-order chi connectivity index (χ0) is 24.7. The molecule has 0 spiro atoms. The number of anilines is 1. The van der Waals surface area contributed by atoms with Crippen LogP contribution in [0.4, 0.5) is 5.69 Å². The Balaban J connectivity index is 1.53. The summed E-state index contributed by atoms with van der Waals surface area (Å²) in [6.07, 6.45) is 7.64. The van der Waals surface area contributed by atoms with Crippen LogP contribution in [-0.4, -0.2) is 54.4 Å². The highest BCUT2D eigenvalue weighted by molar-refractivity contribution is 7.99. The van der Waals surface area contributed by atoms with E-state index in [1.165, 1.54) is 39.6 Å². The summed E-state index contributed by atoms with van der Waals surface area (Å²) in [5.41, 5.74) is 1.41. The van der Waals surface area contributed by atoms with Gasteiger partial charge in [-0.2, -0.15) is 14.1 Å². The van der Waals surface area contributed by atoms with Gasteiger partial charge in [-0.1, -0.05) is 56.9 Å². The highest BCUT2D eigenvalue weighted by Gasteiger charge is 2.30. The summed E-state index contributed by atoms with van der Waals surface area (Å²) >= 11 is 2.83. The Labute approximate surface area is 215 Å². The topological polar surface area (TPSA) is 75.5 Å². The molecule has 1 fully saturated rings. The summed E-state index contributed by atoms with van der Waals surface area (Å²) in [4.78, 5) is 16.3. The molecule has 1 aromatic carbocycles. The largest absolute Gasteiger partial charge is 0.367 e. The van der Waals surface area contributed by atoms with Gasteiger partial charge in [0.25, 0.3) is 15.6 Å². The number of hydrogen-bond donors (Lipinski definition) is 0. The summed E-state index contributed by atoms with van der Waals surface area (Å²) in [5.74, 6) is 0.872. The van der Waals surface area contributed by atoms with E-state index >= 15 is 0 Å². The van der Waals surface area contributed by atoms with Gasteiger partial charge < -0.3 is 4.90 Å². The van der Waals surface area contributed by atoms with E-state index in [1.807, 2.05) is 30.3 Å². The standard InChI is InChI=1S/C25H32N4O3S3/c1-2-3-4-5-9-18-34-24-22(20-26-29(25(24)30)21-11-7-6-8-12-21)27-14-16-28(17-15-27)35(31,32)23-13-10-19-33-23/h6-8,10-13,19-20H,2-5,9,14-18H2,1H3. The Morgan fingerprint density at radius 3 is 2.40 bits per heavy atom. The van der Waals surface area contributed by atoms with Gasteiger partial charge in [0.1, 0.15) is 4.21 Å². The van der Waals surface area contributed by atoms with Crippen molar-refractivity contribution in [1.82, 2.24) is 14.1 Å². The van der Waals surface area contributed by atoms with Gasteiger partial charge in [-0.15, -0.1) is 23.1 Å². The summed E-state index contributed by atoms with van der Waals surface area (Å²) < 4.78 is 29.2. The van der Waals surface area contributed by atoms with Crippen LogP contribution in [0.25, 0.3) is 5.69 Å². The molecule has 0 atom stereocenters. The maximum atomic E-state index is 13.5. The van der Waals surface area contributed by atoms with Gasteiger partial charge in [0.15, 0.2) is 0 Å². The molecule has 2 aromatic heterocycles. The molecule has 1 saturated heterocycles. The highest BCUT2D eigenvalue weighted by atomic mass is 32.2. The smallest absolute Gasteiger partial charge is 0.287 e. The fourth-order valence-electron chi connectivity index (χ4n) is 4.13. The van der Waals surface area contributed by atoms with Crippen molar-refractivity contribution in [3.63, 3.8) is 0 Å². The molecule has 3 heterocycles. The molecule has 1 aliphatic rings. The first-order valence-corrected chi connectivity index (χ1v) is 15.4. The van der Waals surface area contributed by atoms with Crippen LogP contribution in [-0.2, 0) is 10.0 Å². The molecule has 0 radical (unpaired) electrons. The van der Waals surface area contributed by atoms with Gasteiger partial charge >= 0.3 is 0 Å². The normalized spacial score (nSPS) is 14.9. The minimum atomic E-state index is -3.47. The van der Waals surface area contributed by atoms with E-state index in [2.05, 4.69) is 16.9 Å². The van der Waals surface area contributed by atoms with E-state index < -0.39 is 10.0 Å². The molecule has 0 N–H and O–H groups in total. The molecule has 0 unspecified atom stereocenters. The SMILES string of the molecule is CCCCCCCSc1c(N2CCN(S(=O)(=O)c3cccs3)CC2)cnn(-c2ccccc2)c1=O. The summed E-state index contributed by atoms with van der Waals surface area (Å²) in [7, 11) is -3.47. The molecule has 35 heavy (non-hydrogen) atoms. The third-order valence-corrected chi connectivity index (χ3v) is 10.5. The van der Waals surface area contributed by atoms with Crippen LogP contribution in [0.5, 0.6) is 0 Å². The Hall–Kier alpha value is -2.14. The number of benzene rings is 1. The van der Waals surface area contributed by atoms with Crippen LogP contribution in [0.15, 0.2) is 67.9 Å². The maximum absolute atomic E-state index is 13.5. The van der Waals surface area contributed by atoms with E-state index in [1.54, 1.807) is 35.5 Å². The first-order chi connectivity index (χ1) is 17.0. The van der Waals surface area contributed by atoms with Gasteiger partial charge in [0.05, 0.1) is 22.5 Å². The number of piperazine rings is 1. The number of nitrogens with zero attached hydrogens (tertiary/aromatic N) is 4. The molecule has 4 rings (SSSR count). The predicted octanol–water partition coefficient (Wildman–Crippen LogP) is 4.87. The summed E-state index contributed by atoms with van der Waals surface area (Å²) in [6.45, 7) is 4.00.